The van der Waals surface area contributed by atoms with Gasteiger partial charge in [-0.3, -0.25) is 9.78 Å². The Hall–Kier alpha value is -1.94. The van der Waals surface area contributed by atoms with E-state index in [0.717, 1.165) is 22.9 Å². The molecule has 1 atom stereocenters. The topological polar surface area (TPSA) is 62.2 Å². The van der Waals surface area contributed by atoms with Crippen LogP contribution in [0.1, 0.15) is 25.3 Å². The number of hydrogen-bond donors (Lipinski definition) is 2. The Labute approximate surface area is 112 Å². The van der Waals surface area contributed by atoms with Crippen molar-refractivity contribution in [2.75, 3.05) is 0 Å². The molecule has 0 aliphatic carbocycles. The van der Waals surface area contributed by atoms with E-state index in [4.69, 9.17) is 5.11 Å². The normalized spacial score (nSPS) is 12.5. The Kier molecular flexibility index (Phi) is 4.47. The molecule has 100 valence electrons. The van der Waals surface area contributed by atoms with Gasteiger partial charge in [-0.25, -0.2) is 0 Å². The first-order chi connectivity index (χ1) is 9.20. The maximum atomic E-state index is 11.1. The minimum absolute atomic E-state index is 0.477. The van der Waals surface area contributed by atoms with Crippen molar-refractivity contribution in [2.45, 2.75) is 32.4 Å². The third-order valence-corrected chi connectivity index (χ3v) is 3.10. The van der Waals surface area contributed by atoms with Gasteiger partial charge in [-0.15, -0.1) is 0 Å². The van der Waals surface area contributed by atoms with Crippen LogP contribution in [0.3, 0.4) is 0 Å². The van der Waals surface area contributed by atoms with Crippen LogP contribution in [-0.4, -0.2) is 22.1 Å². The van der Waals surface area contributed by atoms with Crippen molar-refractivity contribution in [3.05, 3.63) is 42.1 Å². The Morgan fingerprint density at radius 3 is 3.00 bits per heavy atom. The lowest BCUT2D eigenvalue weighted by Crippen LogP contribution is -2.35. The number of fused-ring (bicyclic) bond motifs is 1. The molecule has 0 fully saturated rings. The number of hydrogen-bond acceptors (Lipinski definition) is 3. The number of carbonyl (C=O) groups is 1. The first-order valence-corrected chi connectivity index (χ1v) is 6.50. The fraction of sp³-hybridized carbons (Fsp3) is 0.333. The van der Waals surface area contributed by atoms with Crippen molar-refractivity contribution in [3.63, 3.8) is 0 Å². The lowest BCUT2D eigenvalue weighted by molar-refractivity contribution is -0.139. The van der Waals surface area contributed by atoms with Crippen LogP contribution in [0.2, 0.25) is 0 Å². The second-order valence-electron chi connectivity index (χ2n) is 4.59. The summed E-state index contributed by atoms with van der Waals surface area (Å²) < 4.78 is 0. The minimum Gasteiger partial charge on any atom is -0.480 e. The van der Waals surface area contributed by atoms with Crippen LogP contribution in [0.25, 0.3) is 10.9 Å². The van der Waals surface area contributed by atoms with Gasteiger partial charge in [0.15, 0.2) is 0 Å². The Morgan fingerprint density at radius 2 is 2.26 bits per heavy atom. The van der Waals surface area contributed by atoms with E-state index in [1.807, 2.05) is 37.3 Å². The molecule has 0 radical (unpaired) electrons. The summed E-state index contributed by atoms with van der Waals surface area (Å²) in [5, 5.41) is 13.2. The first-order valence-electron chi connectivity index (χ1n) is 6.50. The highest BCUT2D eigenvalue weighted by atomic mass is 16.4. The number of aliphatic carboxylic acids is 1. The molecule has 1 heterocycles. The van der Waals surface area contributed by atoms with E-state index >= 15 is 0 Å². The van der Waals surface area contributed by atoms with E-state index in [9.17, 15) is 4.79 Å². The van der Waals surface area contributed by atoms with Crippen LogP contribution >= 0.6 is 0 Å². The number of benzene rings is 1. The molecule has 1 aromatic heterocycles. The number of nitrogens with one attached hydrogen (secondary N) is 1. The van der Waals surface area contributed by atoms with Gasteiger partial charge in [0.25, 0.3) is 0 Å². The summed E-state index contributed by atoms with van der Waals surface area (Å²) in [6.07, 6.45) is 3.26. The molecule has 4 nitrogen and oxygen atoms in total. The van der Waals surface area contributed by atoms with Crippen LogP contribution in [0, 0.1) is 0 Å². The molecule has 0 bridgehead atoms. The third-order valence-electron chi connectivity index (χ3n) is 3.10. The van der Waals surface area contributed by atoms with Crippen molar-refractivity contribution in [1.82, 2.24) is 10.3 Å². The van der Waals surface area contributed by atoms with Crippen molar-refractivity contribution >= 4 is 16.9 Å². The number of carboxylic acids is 1. The molecular formula is C15H18N2O2. The van der Waals surface area contributed by atoms with E-state index in [1.54, 1.807) is 6.20 Å². The van der Waals surface area contributed by atoms with Gasteiger partial charge in [0.2, 0.25) is 0 Å². The van der Waals surface area contributed by atoms with Crippen LogP contribution in [-0.2, 0) is 11.3 Å². The average molecular weight is 258 g/mol. The molecule has 4 heteroatoms. The zero-order valence-corrected chi connectivity index (χ0v) is 11.0. The van der Waals surface area contributed by atoms with E-state index in [1.165, 1.54) is 0 Å². The number of rotatable bonds is 6. The third kappa shape index (κ3) is 3.51. The van der Waals surface area contributed by atoms with Gasteiger partial charge < -0.3 is 10.4 Å². The van der Waals surface area contributed by atoms with Crippen LogP contribution in [0.4, 0.5) is 0 Å². The molecule has 0 spiro atoms. The quantitative estimate of drug-likeness (QED) is 0.836. The zero-order chi connectivity index (χ0) is 13.7. The Morgan fingerprint density at radius 1 is 1.42 bits per heavy atom. The van der Waals surface area contributed by atoms with Gasteiger partial charge in [-0.05, 0) is 30.2 Å². The Bertz CT molecular complexity index is 569. The summed E-state index contributed by atoms with van der Waals surface area (Å²) >= 11 is 0. The largest absolute Gasteiger partial charge is 0.480 e. The number of pyridine rings is 1. The molecule has 0 amide bonds. The molecule has 0 aliphatic rings. The summed E-state index contributed by atoms with van der Waals surface area (Å²) in [5.74, 6) is -0.788. The molecule has 0 saturated carbocycles. The second-order valence-corrected chi connectivity index (χ2v) is 4.59. The predicted octanol–water partition coefficient (Wildman–Crippen LogP) is 2.58. The summed E-state index contributed by atoms with van der Waals surface area (Å²) in [6, 6.07) is 9.41. The van der Waals surface area contributed by atoms with Gasteiger partial charge in [0.1, 0.15) is 6.04 Å². The second kappa shape index (κ2) is 6.29. The molecule has 1 unspecified atom stereocenters. The monoisotopic (exact) mass is 258 g/mol. The van der Waals surface area contributed by atoms with Crippen LogP contribution < -0.4 is 5.32 Å². The van der Waals surface area contributed by atoms with Gasteiger partial charge >= 0.3 is 5.97 Å². The van der Waals surface area contributed by atoms with Gasteiger partial charge in [-0.1, -0.05) is 25.5 Å². The highest BCUT2D eigenvalue weighted by Crippen LogP contribution is 2.13. The molecule has 2 aromatic rings. The molecule has 2 N–H and O–H groups in total. The van der Waals surface area contributed by atoms with Crippen molar-refractivity contribution < 1.29 is 9.90 Å². The van der Waals surface area contributed by atoms with Crippen LogP contribution in [0.15, 0.2) is 36.5 Å². The molecule has 0 saturated heterocycles. The number of carboxylic acid groups (broad SMARTS) is 1. The maximum Gasteiger partial charge on any atom is 0.320 e. The van der Waals surface area contributed by atoms with Gasteiger partial charge in [0, 0.05) is 18.1 Å². The molecule has 1 aromatic carbocycles. The zero-order valence-electron chi connectivity index (χ0n) is 11.0. The van der Waals surface area contributed by atoms with Gasteiger partial charge in [-0.2, -0.15) is 0 Å². The maximum absolute atomic E-state index is 11.1. The van der Waals surface area contributed by atoms with E-state index in [2.05, 4.69) is 10.3 Å². The lowest BCUT2D eigenvalue weighted by Gasteiger charge is -2.13. The summed E-state index contributed by atoms with van der Waals surface area (Å²) in [5.41, 5.74) is 2.03. The summed E-state index contributed by atoms with van der Waals surface area (Å²) in [6.45, 7) is 2.54. The smallest absolute Gasteiger partial charge is 0.320 e. The van der Waals surface area contributed by atoms with E-state index in [-0.39, 0.29) is 0 Å². The van der Waals surface area contributed by atoms with Crippen molar-refractivity contribution in [2.24, 2.45) is 0 Å². The lowest BCUT2D eigenvalue weighted by atomic mass is 10.1. The fourth-order valence-corrected chi connectivity index (χ4v) is 2.08. The van der Waals surface area contributed by atoms with Crippen molar-refractivity contribution in [1.29, 1.82) is 0 Å². The molecular weight excluding hydrogens is 240 g/mol. The minimum atomic E-state index is -0.788. The van der Waals surface area contributed by atoms with E-state index < -0.39 is 12.0 Å². The van der Waals surface area contributed by atoms with Crippen LogP contribution in [0.5, 0.6) is 0 Å². The molecule has 2 rings (SSSR count). The van der Waals surface area contributed by atoms with Gasteiger partial charge in [0.05, 0.1) is 5.52 Å². The standard InChI is InChI=1S/C15H18N2O2/c1-2-4-14(15(18)19)17-10-11-6-7-13-12(9-11)5-3-8-16-13/h3,5-9,14,17H,2,4,10H2,1H3,(H,18,19). The summed E-state index contributed by atoms with van der Waals surface area (Å²) in [7, 11) is 0. The van der Waals surface area contributed by atoms with E-state index in [0.29, 0.717) is 13.0 Å². The highest BCUT2D eigenvalue weighted by molar-refractivity contribution is 5.79. The SMILES string of the molecule is CCCC(NCc1ccc2ncccc2c1)C(=O)O. The molecule has 19 heavy (non-hydrogen) atoms. The highest BCUT2D eigenvalue weighted by Gasteiger charge is 2.14. The molecule has 0 aliphatic heterocycles. The first kappa shape index (κ1) is 13.5. The fourth-order valence-electron chi connectivity index (χ4n) is 2.08. The number of aromatic nitrogens is 1. The number of nitrogens with zero attached hydrogens (tertiary/aromatic N) is 1. The predicted molar refractivity (Wildman–Crippen MR) is 74.9 cm³/mol. The Balaban J connectivity index is 2.06. The summed E-state index contributed by atoms with van der Waals surface area (Å²) in [4.78, 5) is 15.3. The van der Waals surface area contributed by atoms with Crippen molar-refractivity contribution in [3.8, 4) is 0 Å². The average Bonchev–Trinajstić information content (AvgIpc) is 2.43.